The monoisotopic (exact) mass is 545 g/mol. The van der Waals surface area contributed by atoms with Crippen LogP contribution in [0.4, 0.5) is 13.2 Å². The van der Waals surface area contributed by atoms with Crippen LogP contribution in [0, 0.1) is 6.92 Å². The van der Waals surface area contributed by atoms with Gasteiger partial charge in [-0.05, 0) is 25.5 Å². The van der Waals surface area contributed by atoms with Gasteiger partial charge in [0.1, 0.15) is 5.75 Å². The van der Waals surface area contributed by atoms with E-state index in [4.69, 9.17) is 14.2 Å². The summed E-state index contributed by atoms with van der Waals surface area (Å²) in [5.74, 6) is 0.762. The molecule has 30 heavy (non-hydrogen) atoms. The van der Waals surface area contributed by atoms with E-state index < -0.39 is 12.8 Å². The van der Waals surface area contributed by atoms with E-state index in [0.717, 1.165) is 18.4 Å². The molecule has 0 aromatic heterocycles. The lowest BCUT2D eigenvalue weighted by atomic mass is 9.94. The third-order valence-electron chi connectivity index (χ3n) is 4.78. The number of nitrogens with zero attached hydrogens (tertiary/aromatic N) is 1. The molecule has 1 aliphatic rings. The number of nitrogens with one attached hydrogen (secondary N) is 2. The first kappa shape index (κ1) is 26.8. The van der Waals surface area contributed by atoms with Crippen LogP contribution in [0.2, 0.25) is 0 Å². The van der Waals surface area contributed by atoms with Crippen molar-refractivity contribution in [3.63, 3.8) is 0 Å². The zero-order valence-electron chi connectivity index (χ0n) is 17.6. The number of ether oxygens (including phenoxy) is 3. The second-order valence-corrected chi connectivity index (χ2v) is 7.06. The minimum atomic E-state index is -4.39. The summed E-state index contributed by atoms with van der Waals surface area (Å²) in [6.07, 6.45) is -2.83. The molecule has 0 amide bonds. The predicted molar refractivity (Wildman–Crippen MR) is 121 cm³/mol. The van der Waals surface area contributed by atoms with Crippen LogP contribution >= 0.6 is 24.0 Å². The Bertz CT molecular complexity index is 681. The summed E-state index contributed by atoms with van der Waals surface area (Å²) in [4.78, 5) is 4.51. The second-order valence-electron chi connectivity index (χ2n) is 7.06. The molecule has 1 aromatic rings. The predicted octanol–water partition coefficient (Wildman–Crippen LogP) is 3.80. The molecular weight excluding hydrogens is 514 g/mol. The van der Waals surface area contributed by atoms with Gasteiger partial charge < -0.3 is 24.8 Å². The average Bonchev–Trinajstić information content (AvgIpc) is 2.69. The number of aliphatic imine (C=N–C) groups is 1. The van der Waals surface area contributed by atoms with Gasteiger partial charge in [-0.2, -0.15) is 13.2 Å². The molecule has 0 bridgehead atoms. The third-order valence-corrected chi connectivity index (χ3v) is 4.78. The smallest absolute Gasteiger partial charge is 0.422 e. The Morgan fingerprint density at radius 2 is 1.93 bits per heavy atom. The zero-order valence-corrected chi connectivity index (χ0v) is 19.9. The summed E-state index contributed by atoms with van der Waals surface area (Å²) in [7, 11) is 1.69. The van der Waals surface area contributed by atoms with Crippen LogP contribution in [0.15, 0.2) is 23.2 Å². The molecule has 0 spiro atoms. The first-order valence-corrected chi connectivity index (χ1v) is 9.71. The minimum absolute atomic E-state index is 0. The van der Waals surface area contributed by atoms with Crippen molar-refractivity contribution < 1.29 is 27.4 Å². The maximum absolute atomic E-state index is 12.5. The highest BCUT2D eigenvalue weighted by Crippen LogP contribution is 2.25. The van der Waals surface area contributed by atoms with Crippen molar-refractivity contribution in [2.45, 2.75) is 45.0 Å². The lowest BCUT2D eigenvalue weighted by Gasteiger charge is -2.36. The van der Waals surface area contributed by atoms with E-state index in [-0.39, 0.29) is 41.9 Å². The molecule has 2 rings (SSSR count). The number of guanidine groups is 1. The van der Waals surface area contributed by atoms with Crippen molar-refractivity contribution in [2.75, 3.05) is 40.0 Å². The molecule has 1 fully saturated rings. The van der Waals surface area contributed by atoms with Crippen LogP contribution in [-0.2, 0) is 16.0 Å². The SMILES string of the molecule is CCNC(=NCc1ccc(C)cc1OCC(F)(F)F)NCC1(OC)CCOCC1.I. The van der Waals surface area contributed by atoms with E-state index in [2.05, 4.69) is 15.6 Å². The number of alkyl halides is 3. The minimum Gasteiger partial charge on any atom is -0.484 e. The van der Waals surface area contributed by atoms with Crippen molar-refractivity contribution in [2.24, 2.45) is 4.99 Å². The molecule has 0 aliphatic carbocycles. The Labute approximate surface area is 193 Å². The van der Waals surface area contributed by atoms with Gasteiger partial charge in [0.25, 0.3) is 0 Å². The van der Waals surface area contributed by atoms with E-state index in [1.54, 1.807) is 26.2 Å². The molecule has 6 nitrogen and oxygen atoms in total. The maximum Gasteiger partial charge on any atom is 0.422 e. The number of hydrogen-bond acceptors (Lipinski definition) is 4. The topological polar surface area (TPSA) is 64.1 Å². The van der Waals surface area contributed by atoms with Crippen LogP contribution < -0.4 is 15.4 Å². The van der Waals surface area contributed by atoms with Gasteiger partial charge in [-0.3, -0.25) is 0 Å². The van der Waals surface area contributed by atoms with Gasteiger partial charge in [-0.25, -0.2) is 4.99 Å². The van der Waals surface area contributed by atoms with Gasteiger partial charge in [0.15, 0.2) is 12.6 Å². The number of aryl methyl sites for hydroxylation is 1. The Morgan fingerprint density at radius 3 is 2.53 bits per heavy atom. The Balaban J connectivity index is 0.00000450. The average molecular weight is 545 g/mol. The quantitative estimate of drug-likeness (QED) is 0.296. The molecule has 0 radical (unpaired) electrons. The van der Waals surface area contributed by atoms with E-state index >= 15 is 0 Å². The molecule has 1 saturated heterocycles. The van der Waals surface area contributed by atoms with Gasteiger partial charge in [0, 0.05) is 51.8 Å². The summed E-state index contributed by atoms with van der Waals surface area (Å²) in [6, 6.07) is 5.16. The van der Waals surface area contributed by atoms with E-state index in [9.17, 15) is 13.2 Å². The van der Waals surface area contributed by atoms with Crippen LogP contribution in [0.1, 0.15) is 30.9 Å². The lowest BCUT2D eigenvalue weighted by Crippen LogP contribution is -2.50. The number of rotatable bonds is 8. The largest absolute Gasteiger partial charge is 0.484 e. The summed E-state index contributed by atoms with van der Waals surface area (Å²) < 4.78 is 53.7. The van der Waals surface area contributed by atoms with Crippen LogP contribution in [0.25, 0.3) is 0 Å². The first-order valence-electron chi connectivity index (χ1n) is 9.71. The first-order chi connectivity index (χ1) is 13.8. The zero-order chi connectivity index (χ0) is 21.3. The van der Waals surface area contributed by atoms with E-state index in [1.165, 1.54) is 0 Å². The molecule has 1 heterocycles. The summed E-state index contributed by atoms with van der Waals surface area (Å²) in [6.45, 7) is 5.11. The fourth-order valence-corrected chi connectivity index (χ4v) is 3.03. The number of halogens is 4. The highest BCUT2D eigenvalue weighted by Gasteiger charge is 2.32. The molecule has 0 atom stereocenters. The molecular formula is C20H31F3IN3O3. The van der Waals surface area contributed by atoms with Crippen molar-refractivity contribution in [1.29, 1.82) is 0 Å². The summed E-state index contributed by atoms with van der Waals surface area (Å²) >= 11 is 0. The second kappa shape index (κ2) is 12.6. The Hall–Kier alpha value is -1.27. The Kier molecular flexibility index (Phi) is 11.2. The van der Waals surface area contributed by atoms with Gasteiger partial charge in [0.05, 0.1) is 12.1 Å². The normalized spacial score (nSPS) is 16.5. The van der Waals surface area contributed by atoms with E-state index in [0.29, 0.717) is 37.8 Å². The van der Waals surface area contributed by atoms with Crippen molar-refractivity contribution >= 4 is 29.9 Å². The van der Waals surface area contributed by atoms with Crippen LogP contribution in [-0.4, -0.2) is 57.8 Å². The van der Waals surface area contributed by atoms with Crippen molar-refractivity contribution in [3.05, 3.63) is 29.3 Å². The molecule has 172 valence electrons. The summed E-state index contributed by atoms with van der Waals surface area (Å²) in [5, 5.41) is 6.43. The number of methoxy groups -OCH3 is 1. The third kappa shape index (κ3) is 8.84. The standard InChI is InChI=1S/C20H30F3N3O3.HI/c1-4-24-18(26-13-19(27-3)7-9-28-10-8-19)25-12-16-6-5-15(2)11-17(16)29-14-20(21,22)23;/h5-6,11H,4,7-10,12-14H2,1-3H3,(H2,24,25,26);1H. The molecule has 0 saturated carbocycles. The van der Waals surface area contributed by atoms with Crippen LogP contribution in [0.3, 0.4) is 0 Å². The molecule has 1 aliphatic heterocycles. The van der Waals surface area contributed by atoms with Gasteiger partial charge in [-0.15, -0.1) is 24.0 Å². The maximum atomic E-state index is 12.5. The molecule has 10 heteroatoms. The molecule has 1 aromatic carbocycles. The van der Waals surface area contributed by atoms with Crippen molar-refractivity contribution in [1.82, 2.24) is 10.6 Å². The van der Waals surface area contributed by atoms with Gasteiger partial charge >= 0.3 is 6.18 Å². The summed E-state index contributed by atoms with van der Waals surface area (Å²) in [5.41, 5.74) is 1.09. The highest BCUT2D eigenvalue weighted by atomic mass is 127. The number of hydrogen-bond donors (Lipinski definition) is 2. The fourth-order valence-electron chi connectivity index (χ4n) is 3.03. The van der Waals surface area contributed by atoms with Gasteiger partial charge in [0.2, 0.25) is 0 Å². The lowest BCUT2D eigenvalue weighted by molar-refractivity contribution is -0.153. The number of benzene rings is 1. The van der Waals surface area contributed by atoms with Gasteiger partial charge in [-0.1, -0.05) is 12.1 Å². The molecule has 0 unspecified atom stereocenters. The van der Waals surface area contributed by atoms with Crippen molar-refractivity contribution in [3.8, 4) is 5.75 Å². The van der Waals surface area contributed by atoms with E-state index in [1.807, 2.05) is 13.0 Å². The Morgan fingerprint density at radius 1 is 1.23 bits per heavy atom. The van der Waals surface area contributed by atoms with Crippen LogP contribution in [0.5, 0.6) is 5.75 Å². The fraction of sp³-hybridized carbons (Fsp3) is 0.650. The molecule has 2 N–H and O–H groups in total. The highest BCUT2D eigenvalue weighted by molar-refractivity contribution is 14.0.